The van der Waals surface area contributed by atoms with E-state index in [2.05, 4.69) is 0 Å². The number of phenolic OH excluding ortho intramolecular Hbond substituents is 1. The first-order valence-corrected chi connectivity index (χ1v) is 5.01. The van der Waals surface area contributed by atoms with Gasteiger partial charge in [0.15, 0.2) is 0 Å². The van der Waals surface area contributed by atoms with E-state index in [0.29, 0.717) is 10.6 Å². The fourth-order valence-corrected chi connectivity index (χ4v) is 1.61. The summed E-state index contributed by atoms with van der Waals surface area (Å²) in [6.07, 6.45) is 0. The van der Waals surface area contributed by atoms with Crippen LogP contribution in [-0.2, 0) is 0 Å². The van der Waals surface area contributed by atoms with Crippen LogP contribution in [0, 0.1) is 0 Å². The molecule has 0 saturated carbocycles. The van der Waals surface area contributed by atoms with Gasteiger partial charge in [-0.3, -0.25) is 0 Å². The summed E-state index contributed by atoms with van der Waals surface area (Å²) < 4.78 is 0. The number of rotatable bonds is 1. The number of hydrogen-bond donors (Lipinski definition) is 1. The lowest BCUT2D eigenvalue weighted by atomic mass is 10.0. The Balaban J connectivity index is 3.42. The van der Waals surface area contributed by atoms with Crippen molar-refractivity contribution >= 4 is 28.8 Å². The van der Waals surface area contributed by atoms with Crippen LogP contribution >= 0.6 is 23.2 Å². The smallest absolute Gasteiger partial charge is 0.141 e. The van der Waals surface area contributed by atoms with Crippen molar-refractivity contribution < 1.29 is 5.11 Å². The quantitative estimate of drug-likeness (QED) is 0.753. The lowest BCUT2D eigenvalue weighted by Gasteiger charge is -2.09. The van der Waals surface area contributed by atoms with Crippen LogP contribution in [0.25, 0.3) is 5.57 Å². The lowest BCUT2D eigenvalue weighted by Crippen LogP contribution is -1.85. The molecule has 0 heterocycles. The molecule has 0 aliphatic rings. The Morgan fingerprint density at radius 3 is 2.21 bits per heavy atom. The third-order valence-electron chi connectivity index (χ3n) is 2.18. The molecule has 0 amide bonds. The minimum atomic E-state index is 0.0924. The van der Waals surface area contributed by atoms with E-state index in [1.165, 1.54) is 6.07 Å². The van der Waals surface area contributed by atoms with Crippen molar-refractivity contribution in [3.63, 3.8) is 0 Å². The number of benzene rings is 1. The van der Waals surface area contributed by atoms with Crippen LogP contribution in [0.2, 0.25) is 10.0 Å². The Kier molecular flexibility index (Phi) is 3.46. The van der Waals surface area contributed by atoms with E-state index >= 15 is 0 Å². The Hall–Kier alpha value is -0.660. The average Bonchev–Trinajstić information content (AvgIpc) is 2.09. The average molecular weight is 231 g/mol. The topological polar surface area (TPSA) is 20.2 Å². The third kappa shape index (κ3) is 2.23. The van der Waals surface area contributed by atoms with E-state index in [0.717, 1.165) is 11.1 Å². The van der Waals surface area contributed by atoms with Crippen LogP contribution in [0.5, 0.6) is 5.75 Å². The van der Waals surface area contributed by atoms with E-state index in [1.807, 2.05) is 20.8 Å². The number of aromatic hydroxyl groups is 1. The molecule has 0 fully saturated rings. The van der Waals surface area contributed by atoms with Crippen molar-refractivity contribution in [2.75, 3.05) is 0 Å². The number of allylic oxidation sites excluding steroid dienone is 2. The Labute approximate surface area is 94.0 Å². The summed E-state index contributed by atoms with van der Waals surface area (Å²) in [6, 6.07) is 3.24. The van der Waals surface area contributed by atoms with Crippen molar-refractivity contribution in [1.82, 2.24) is 0 Å². The van der Waals surface area contributed by atoms with Gasteiger partial charge in [-0.25, -0.2) is 0 Å². The summed E-state index contributed by atoms with van der Waals surface area (Å²) in [6.45, 7) is 5.88. The maximum atomic E-state index is 9.72. The molecule has 1 aromatic carbocycles. The van der Waals surface area contributed by atoms with Gasteiger partial charge in [-0.2, -0.15) is 0 Å². The predicted molar refractivity (Wildman–Crippen MR) is 62.1 cm³/mol. The van der Waals surface area contributed by atoms with E-state index in [9.17, 15) is 5.11 Å². The molecular formula is C11H12Cl2O. The minimum absolute atomic E-state index is 0.0924. The van der Waals surface area contributed by atoms with Gasteiger partial charge in [0.1, 0.15) is 5.75 Å². The molecule has 0 saturated heterocycles. The van der Waals surface area contributed by atoms with Gasteiger partial charge in [-0.1, -0.05) is 28.8 Å². The first-order chi connectivity index (χ1) is 6.43. The monoisotopic (exact) mass is 230 g/mol. The summed E-state index contributed by atoms with van der Waals surface area (Å²) in [4.78, 5) is 0. The predicted octanol–water partition coefficient (Wildman–Crippen LogP) is 4.51. The van der Waals surface area contributed by atoms with Gasteiger partial charge in [-0.15, -0.1) is 0 Å². The van der Waals surface area contributed by atoms with Crippen molar-refractivity contribution in [3.8, 4) is 5.75 Å². The molecular weight excluding hydrogens is 219 g/mol. The molecule has 0 radical (unpaired) electrons. The van der Waals surface area contributed by atoms with Crippen LogP contribution < -0.4 is 0 Å². The molecule has 14 heavy (non-hydrogen) atoms. The molecule has 0 atom stereocenters. The summed E-state index contributed by atoms with van der Waals surface area (Å²) in [7, 11) is 0. The molecule has 0 unspecified atom stereocenters. The summed E-state index contributed by atoms with van der Waals surface area (Å²) in [5, 5.41) is 10.5. The second-order valence-electron chi connectivity index (χ2n) is 3.41. The largest absolute Gasteiger partial charge is 0.506 e. The summed E-state index contributed by atoms with van der Waals surface area (Å²) >= 11 is 11.7. The standard InChI is InChI=1S/C11H12Cl2O/c1-6(2)7(3)9-4-8(12)5-10(13)11(9)14/h4-5,14H,1-3H3. The highest BCUT2D eigenvalue weighted by atomic mass is 35.5. The number of halogens is 2. The normalized spacial score (nSPS) is 10.1. The maximum Gasteiger partial charge on any atom is 0.141 e. The molecule has 0 aromatic heterocycles. The zero-order valence-corrected chi connectivity index (χ0v) is 9.87. The van der Waals surface area contributed by atoms with Gasteiger partial charge in [0.25, 0.3) is 0 Å². The zero-order valence-electron chi connectivity index (χ0n) is 8.36. The van der Waals surface area contributed by atoms with Gasteiger partial charge in [-0.05, 0) is 38.5 Å². The van der Waals surface area contributed by atoms with Gasteiger partial charge < -0.3 is 5.11 Å². The molecule has 0 aliphatic heterocycles. The van der Waals surface area contributed by atoms with Crippen molar-refractivity contribution in [3.05, 3.63) is 33.3 Å². The van der Waals surface area contributed by atoms with E-state index in [4.69, 9.17) is 23.2 Å². The molecule has 0 aliphatic carbocycles. The fourth-order valence-electron chi connectivity index (χ4n) is 1.12. The highest BCUT2D eigenvalue weighted by molar-refractivity contribution is 6.35. The van der Waals surface area contributed by atoms with Crippen molar-refractivity contribution in [2.24, 2.45) is 0 Å². The Bertz CT molecular complexity index is 391. The fraction of sp³-hybridized carbons (Fsp3) is 0.273. The van der Waals surface area contributed by atoms with Crippen molar-refractivity contribution in [1.29, 1.82) is 0 Å². The molecule has 3 heteroatoms. The molecule has 1 N–H and O–H groups in total. The molecule has 0 spiro atoms. The molecule has 0 bridgehead atoms. The first kappa shape index (κ1) is 11.4. The van der Waals surface area contributed by atoms with Crippen molar-refractivity contribution in [2.45, 2.75) is 20.8 Å². The van der Waals surface area contributed by atoms with Crippen LogP contribution in [0.1, 0.15) is 26.3 Å². The van der Waals surface area contributed by atoms with E-state index < -0.39 is 0 Å². The van der Waals surface area contributed by atoms with E-state index in [1.54, 1.807) is 6.07 Å². The zero-order chi connectivity index (χ0) is 10.9. The van der Waals surface area contributed by atoms with Crippen LogP contribution in [0.4, 0.5) is 0 Å². The lowest BCUT2D eigenvalue weighted by molar-refractivity contribution is 0.474. The maximum absolute atomic E-state index is 9.72. The highest BCUT2D eigenvalue weighted by Crippen LogP contribution is 2.36. The summed E-state index contributed by atoms with van der Waals surface area (Å²) in [5.41, 5.74) is 2.81. The SMILES string of the molecule is CC(C)=C(C)c1cc(Cl)cc(Cl)c1O. The van der Waals surface area contributed by atoms with Gasteiger partial charge in [0.2, 0.25) is 0 Å². The van der Waals surface area contributed by atoms with Crippen LogP contribution in [-0.4, -0.2) is 5.11 Å². The van der Waals surface area contributed by atoms with Crippen LogP contribution in [0.15, 0.2) is 17.7 Å². The molecule has 76 valence electrons. The van der Waals surface area contributed by atoms with Gasteiger partial charge in [0.05, 0.1) is 5.02 Å². The van der Waals surface area contributed by atoms with Crippen LogP contribution in [0.3, 0.4) is 0 Å². The third-order valence-corrected chi connectivity index (χ3v) is 2.69. The second kappa shape index (κ2) is 4.24. The minimum Gasteiger partial charge on any atom is -0.506 e. The summed E-state index contributed by atoms with van der Waals surface area (Å²) in [5.74, 6) is 0.0924. The molecule has 1 aromatic rings. The second-order valence-corrected chi connectivity index (χ2v) is 4.25. The van der Waals surface area contributed by atoms with Gasteiger partial charge >= 0.3 is 0 Å². The first-order valence-electron chi connectivity index (χ1n) is 4.26. The Morgan fingerprint density at radius 1 is 1.14 bits per heavy atom. The number of phenols is 1. The molecule has 1 rings (SSSR count). The number of hydrogen-bond acceptors (Lipinski definition) is 1. The Morgan fingerprint density at radius 2 is 1.71 bits per heavy atom. The van der Waals surface area contributed by atoms with Gasteiger partial charge in [0, 0.05) is 10.6 Å². The highest BCUT2D eigenvalue weighted by Gasteiger charge is 2.09. The molecule has 1 nitrogen and oxygen atoms in total. The van der Waals surface area contributed by atoms with E-state index in [-0.39, 0.29) is 10.8 Å².